The lowest BCUT2D eigenvalue weighted by molar-refractivity contribution is 0.129. The Morgan fingerprint density at radius 1 is 1.19 bits per heavy atom. The van der Waals surface area contributed by atoms with Gasteiger partial charge in [-0.25, -0.2) is 4.98 Å². The summed E-state index contributed by atoms with van der Waals surface area (Å²) in [7, 11) is 0. The first-order valence-corrected chi connectivity index (χ1v) is 11.5. The molecule has 4 nitrogen and oxygen atoms in total. The van der Waals surface area contributed by atoms with Crippen LogP contribution in [-0.4, -0.2) is 28.0 Å². The quantitative estimate of drug-likeness (QED) is 0.476. The van der Waals surface area contributed by atoms with Gasteiger partial charge in [0.2, 0.25) is 0 Å². The van der Waals surface area contributed by atoms with Gasteiger partial charge in [-0.15, -0.1) is 11.3 Å². The molecule has 1 fully saturated rings. The highest BCUT2D eigenvalue weighted by Gasteiger charge is 2.24. The number of benzene rings is 1. The molecule has 3 heterocycles. The molecule has 2 aliphatic rings. The average molecular weight is 399 g/mol. The Hall–Kier alpha value is -1.63. The first-order chi connectivity index (χ1) is 13.3. The summed E-state index contributed by atoms with van der Waals surface area (Å²) in [4.78, 5) is 20.8. The smallest absolute Gasteiger partial charge is 0.267 e. The number of hydrogen-bond donors (Lipinski definition) is 0. The van der Waals surface area contributed by atoms with Gasteiger partial charge in [-0.2, -0.15) is 0 Å². The van der Waals surface area contributed by atoms with Crippen LogP contribution in [-0.2, 0) is 17.6 Å². The Kier molecular flexibility index (Phi) is 4.80. The van der Waals surface area contributed by atoms with E-state index in [1.54, 1.807) is 23.1 Å². The van der Waals surface area contributed by atoms with Crippen LogP contribution < -0.4 is 5.56 Å². The van der Waals surface area contributed by atoms with Crippen molar-refractivity contribution in [3.8, 4) is 5.69 Å². The Balaban J connectivity index is 1.65. The van der Waals surface area contributed by atoms with Crippen molar-refractivity contribution in [2.24, 2.45) is 0 Å². The molecule has 0 saturated carbocycles. The van der Waals surface area contributed by atoms with E-state index in [4.69, 9.17) is 9.72 Å². The van der Waals surface area contributed by atoms with Gasteiger partial charge in [-0.05, 0) is 56.2 Å². The van der Waals surface area contributed by atoms with E-state index in [9.17, 15) is 4.79 Å². The molecule has 0 unspecified atom stereocenters. The number of thioether (sulfide) groups is 1. The molecular weight excluding hydrogens is 376 g/mol. The topological polar surface area (TPSA) is 44.1 Å². The molecule has 1 aliphatic heterocycles. The van der Waals surface area contributed by atoms with Gasteiger partial charge in [0, 0.05) is 17.2 Å². The SMILES string of the molecule is O=c1c2c3c(sc2nc(SC[C@H]2CCCO2)n1-c1ccccc1)CCCC3. The minimum Gasteiger partial charge on any atom is -0.377 e. The van der Waals surface area contributed by atoms with Gasteiger partial charge in [0.25, 0.3) is 5.56 Å². The lowest BCUT2D eigenvalue weighted by Gasteiger charge is -2.15. The molecule has 1 saturated heterocycles. The van der Waals surface area contributed by atoms with Crippen LogP contribution in [0, 0.1) is 0 Å². The molecule has 0 spiro atoms. The molecule has 5 rings (SSSR count). The van der Waals surface area contributed by atoms with Crippen molar-refractivity contribution in [3.05, 3.63) is 51.1 Å². The largest absolute Gasteiger partial charge is 0.377 e. The molecule has 2 aromatic heterocycles. The van der Waals surface area contributed by atoms with Crippen molar-refractivity contribution in [1.82, 2.24) is 9.55 Å². The maximum Gasteiger partial charge on any atom is 0.267 e. The zero-order valence-electron chi connectivity index (χ0n) is 15.1. The van der Waals surface area contributed by atoms with E-state index in [-0.39, 0.29) is 11.7 Å². The van der Waals surface area contributed by atoms with Gasteiger partial charge in [0.1, 0.15) is 4.83 Å². The summed E-state index contributed by atoms with van der Waals surface area (Å²) in [6, 6.07) is 9.91. The van der Waals surface area contributed by atoms with Crippen LogP contribution in [0.2, 0.25) is 0 Å². The minimum absolute atomic E-state index is 0.0837. The van der Waals surface area contributed by atoms with Gasteiger partial charge in [-0.3, -0.25) is 9.36 Å². The fourth-order valence-electron chi connectivity index (χ4n) is 4.03. The molecule has 1 aliphatic carbocycles. The fraction of sp³-hybridized carbons (Fsp3) is 0.429. The number of nitrogens with zero attached hydrogens (tertiary/aromatic N) is 2. The number of hydrogen-bond acceptors (Lipinski definition) is 5. The molecule has 0 radical (unpaired) electrons. The molecule has 0 N–H and O–H groups in total. The first-order valence-electron chi connectivity index (χ1n) is 9.68. The number of para-hydroxylation sites is 1. The van der Waals surface area contributed by atoms with Crippen molar-refractivity contribution in [3.63, 3.8) is 0 Å². The third-order valence-electron chi connectivity index (χ3n) is 5.39. The van der Waals surface area contributed by atoms with Crippen molar-refractivity contribution in [2.45, 2.75) is 49.8 Å². The zero-order chi connectivity index (χ0) is 18.2. The third kappa shape index (κ3) is 3.24. The standard InChI is InChI=1S/C21H22N2O2S2/c24-20-18-16-10-4-5-11-17(16)27-19(18)22-21(26-13-15-9-6-12-25-15)23(20)14-7-2-1-3-8-14/h1-3,7-8,15H,4-6,9-13H2/t15-/m1/s1. The van der Waals surface area contributed by atoms with Gasteiger partial charge >= 0.3 is 0 Å². The first kappa shape index (κ1) is 17.5. The van der Waals surface area contributed by atoms with Gasteiger partial charge in [-0.1, -0.05) is 30.0 Å². The molecular formula is C21H22N2O2S2. The third-order valence-corrected chi connectivity index (χ3v) is 7.65. The van der Waals surface area contributed by atoms with E-state index in [0.717, 1.165) is 59.1 Å². The summed E-state index contributed by atoms with van der Waals surface area (Å²) in [6.45, 7) is 0.848. The molecule has 6 heteroatoms. The Morgan fingerprint density at radius 3 is 2.85 bits per heavy atom. The Bertz CT molecular complexity index is 1020. The van der Waals surface area contributed by atoms with Crippen molar-refractivity contribution in [2.75, 3.05) is 12.4 Å². The van der Waals surface area contributed by atoms with E-state index < -0.39 is 0 Å². The second kappa shape index (κ2) is 7.41. The van der Waals surface area contributed by atoms with Crippen LogP contribution in [0.4, 0.5) is 0 Å². The van der Waals surface area contributed by atoms with Gasteiger partial charge in [0.05, 0.1) is 17.2 Å². The molecule has 1 atom stereocenters. The molecule has 27 heavy (non-hydrogen) atoms. The summed E-state index contributed by atoms with van der Waals surface area (Å²) in [5.74, 6) is 0.843. The Labute approximate surface area is 166 Å². The van der Waals surface area contributed by atoms with E-state index in [0.29, 0.717) is 0 Å². The molecule has 0 bridgehead atoms. The number of rotatable bonds is 4. The summed E-state index contributed by atoms with van der Waals surface area (Å²) in [5.41, 5.74) is 2.22. The predicted molar refractivity (Wildman–Crippen MR) is 112 cm³/mol. The summed E-state index contributed by atoms with van der Waals surface area (Å²) < 4.78 is 7.58. The number of thiophene rings is 1. The van der Waals surface area contributed by atoms with Crippen LogP contribution in [0.15, 0.2) is 40.3 Å². The monoisotopic (exact) mass is 398 g/mol. The molecule has 3 aromatic rings. The zero-order valence-corrected chi connectivity index (χ0v) is 16.8. The van der Waals surface area contributed by atoms with Crippen molar-refractivity contribution < 1.29 is 4.74 Å². The average Bonchev–Trinajstić information content (AvgIpc) is 3.34. The van der Waals surface area contributed by atoms with Crippen LogP contribution >= 0.6 is 23.1 Å². The highest BCUT2D eigenvalue weighted by molar-refractivity contribution is 7.99. The maximum atomic E-state index is 13.6. The van der Waals surface area contributed by atoms with Crippen molar-refractivity contribution >= 4 is 33.3 Å². The van der Waals surface area contributed by atoms with E-state index in [1.165, 1.54) is 23.3 Å². The number of aromatic nitrogens is 2. The van der Waals surface area contributed by atoms with E-state index in [2.05, 4.69) is 0 Å². The summed E-state index contributed by atoms with van der Waals surface area (Å²) in [6.07, 6.45) is 6.96. The number of aryl methyl sites for hydroxylation is 2. The van der Waals surface area contributed by atoms with Crippen LogP contribution in [0.1, 0.15) is 36.1 Å². The molecule has 140 valence electrons. The van der Waals surface area contributed by atoms with Crippen LogP contribution in [0.3, 0.4) is 0 Å². The molecule has 1 aromatic carbocycles. The van der Waals surface area contributed by atoms with Crippen molar-refractivity contribution in [1.29, 1.82) is 0 Å². The lowest BCUT2D eigenvalue weighted by atomic mass is 9.97. The summed E-state index contributed by atoms with van der Waals surface area (Å²) >= 11 is 3.37. The van der Waals surface area contributed by atoms with E-state index in [1.807, 2.05) is 34.9 Å². The second-order valence-corrected chi connectivity index (χ2v) is 9.28. The van der Waals surface area contributed by atoms with Gasteiger partial charge < -0.3 is 4.74 Å². The normalized spacial score (nSPS) is 19.5. The Morgan fingerprint density at radius 2 is 2.04 bits per heavy atom. The lowest BCUT2D eigenvalue weighted by Crippen LogP contribution is -2.23. The predicted octanol–water partition coefficient (Wildman–Crippen LogP) is 4.60. The summed E-state index contributed by atoms with van der Waals surface area (Å²) in [5, 5.41) is 1.63. The van der Waals surface area contributed by atoms with Gasteiger partial charge in [0.15, 0.2) is 5.16 Å². The highest BCUT2D eigenvalue weighted by Crippen LogP contribution is 2.35. The second-order valence-electron chi connectivity index (χ2n) is 7.21. The van der Waals surface area contributed by atoms with E-state index >= 15 is 0 Å². The number of ether oxygens (including phenoxy) is 1. The number of fused-ring (bicyclic) bond motifs is 3. The highest BCUT2D eigenvalue weighted by atomic mass is 32.2. The maximum absolute atomic E-state index is 13.6. The molecule has 0 amide bonds. The van der Waals surface area contributed by atoms with Crippen LogP contribution in [0.25, 0.3) is 15.9 Å². The van der Waals surface area contributed by atoms with Crippen LogP contribution in [0.5, 0.6) is 0 Å². The minimum atomic E-state index is 0.0837. The fourth-order valence-corrected chi connectivity index (χ4v) is 6.41.